The van der Waals surface area contributed by atoms with E-state index >= 15 is 0 Å². The molecule has 1 fully saturated rings. The first-order valence-corrected chi connectivity index (χ1v) is 8.48. The van der Waals surface area contributed by atoms with Crippen LogP contribution in [0.1, 0.15) is 25.5 Å². The summed E-state index contributed by atoms with van der Waals surface area (Å²) in [6.45, 7) is 5.07. The summed E-state index contributed by atoms with van der Waals surface area (Å²) >= 11 is 0. The summed E-state index contributed by atoms with van der Waals surface area (Å²) in [5, 5.41) is 2.90. The Morgan fingerprint density at radius 1 is 1.35 bits per heavy atom. The second-order valence-electron chi connectivity index (χ2n) is 5.20. The monoisotopic (exact) mass is 301 g/mol. The molecule has 2 heterocycles. The number of likely N-dealkylation sites (tertiary alicyclic amines) is 1. The van der Waals surface area contributed by atoms with Crippen molar-refractivity contribution < 1.29 is 12.8 Å². The van der Waals surface area contributed by atoms with E-state index in [2.05, 4.69) is 14.9 Å². The number of nitrogens with zero attached hydrogens (tertiary/aromatic N) is 1. The molecular weight excluding hydrogens is 278 g/mol. The third kappa shape index (κ3) is 3.82. The molecule has 0 spiro atoms. The topological polar surface area (TPSA) is 74.6 Å². The van der Waals surface area contributed by atoms with Crippen molar-refractivity contribution in [2.75, 3.05) is 26.7 Å². The number of nitrogens with one attached hydrogen (secondary N) is 2. The van der Waals surface area contributed by atoms with Crippen LogP contribution in [-0.2, 0) is 16.6 Å². The predicted molar refractivity (Wildman–Crippen MR) is 76.9 cm³/mol. The van der Waals surface area contributed by atoms with E-state index in [4.69, 9.17) is 4.42 Å². The number of furan rings is 1. The lowest BCUT2D eigenvalue weighted by atomic mass is 10.3. The zero-order valence-electron chi connectivity index (χ0n) is 12.1. The standard InChI is InChI=1S/C13H23N3O3S/c1-11(16-7-3-4-8-16)9-15-20(17,18)13-6-5-12(19-13)10-14-2/h5-6,11,14-15H,3-4,7-10H2,1-2H3. The first-order chi connectivity index (χ1) is 9.53. The molecule has 7 heteroatoms. The van der Waals surface area contributed by atoms with Gasteiger partial charge in [0, 0.05) is 12.6 Å². The minimum Gasteiger partial charge on any atom is -0.447 e. The molecule has 1 atom stereocenters. The lowest BCUT2D eigenvalue weighted by molar-refractivity contribution is 0.259. The van der Waals surface area contributed by atoms with E-state index < -0.39 is 10.0 Å². The Morgan fingerprint density at radius 2 is 2.05 bits per heavy atom. The summed E-state index contributed by atoms with van der Waals surface area (Å²) < 4.78 is 32.2. The maximum Gasteiger partial charge on any atom is 0.274 e. The van der Waals surface area contributed by atoms with Crippen molar-refractivity contribution in [1.29, 1.82) is 0 Å². The molecule has 0 aliphatic carbocycles. The molecule has 1 aromatic heterocycles. The van der Waals surface area contributed by atoms with Crippen LogP contribution in [0, 0.1) is 0 Å². The minimum atomic E-state index is -3.55. The predicted octanol–water partition coefficient (Wildman–Crippen LogP) is 0.762. The van der Waals surface area contributed by atoms with Gasteiger partial charge < -0.3 is 9.73 Å². The molecular formula is C13H23N3O3S. The third-order valence-electron chi connectivity index (χ3n) is 3.59. The van der Waals surface area contributed by atoms with Crippen LogP contribution in [0.2, 0.25) is 0 Å². The molecule has 1 aliphatic rings. The molecule has 0 radical (unpaired) electrons. The quantitative estimate of drug-likeness (QED) is 0.778. The van der Waals surface area contributed by atoms with Gasteiger partial charge in [0.25, 0.3) is 10.0 Å². The van der Waals surface area contributed by atoms with Gasteiger partial charge in [-0.1, -0.05) is 0 Å². The van der Waals surface area contributed by atoms with E-state index in [-0.39, 0.29) is 11.1 Å². The highest BCUT2D eigenvalue weighted by Gasteiger charge is 2.22. The molecule has 0 amide bonds. The van der Waals surface area contributed by atoms with Crippen LogP contribution in [0.15, 0.2) is 21.6 Å². The van der Waals surface area contributed by atoms with Gasteiger partial charge in [-0.15, -0.1) is 0 Å². The van der Waals surface area contributed by atoms with Crippen molar-refractivity contribution in [3.63, 3.8) is 0 Å². The second-order valence-corrected chi connectivity index (χ2v) is 6.89. The molecule has 6 nitrogen and oxygen atoms in total. The summed E-state index contributed by atoms with van der Waals surface area (Å²) in [4.78, 5) is 2.30. The number of hydrogen-bond acceptors (Lipinski definition) is 5. The second kappa shape index (κ2) is 6.71. The molecule has 0 bridgehead atoms. The van der Waals surface area contributed by atoms with Crippen LogP contribution < -0.4 is 10.0 Å². The number of sulfonamides is 1. The highest BCUT2D eigenvalue weighted by Crippen LogP contribution is 2.15. The Labute approximate surface area is 120 Å². The van der Waals surface area contributed by atoms with Crippen molar-refractivity contribution in [2.24, 2.45) is 0 Å². The maximum atomic E-state index is 12.1. The molecule has 0 saturated carbocycles. The van der Waals surface area contributed by atoms with Crippen molar-refractivity contribution in [1.82, 2.24) is 14.9 Å². The van der Waals surface area contributed by atoms with Gasteiger partial charge in [0.05, 0.1) is 6.54 Å². The van der Waals surface area contributed by atoms with Crippen LogP contribution in [0.4, 0.5) is 0 Å². The Bertz CT molecular complexity index is 521. The number of hydrogen-bond donors (Lipinski definition) is 2. The first kappa shape index (κ1) is 15.5. The van der Waals surface area contributed by atoms with E-state index in [1.54, 1.807) is 13.1 Å². The van der Waals surface area contributed by atoms with E-state index in [0.717, 1.165) is 13.1 Å². The fourth-order valence-corrected chi connectivity index (χ4v) is 3.45. The van der Waals surface area contributed by atoms with Crippen molar-refractivity contribution in [3.8, 4) is 0 Å². The summed E-state index contributed by atoms with van der Waals surface area (Å²) in [5.74, 6) is 0.612. The SMILES string of the molecule is CNCc1ccc(S(=O)(=O)NCC(C)N2CCCC2)o1. The van der Waals surface area contributed by atoms with E-state index in [1.165, 1.54) is 18.9 Å². The highest BCUT2D eigenvalue weighted by molar-refractivity contribution is 7.89. The molecule has 114 valence electrons. The Morgan fingerprint density at radius 3 is 2.70 bits per heavy atom. The average Bonchev–Trinajstić information content (AvgIpc) is 3.07. The summed E-state index contributed by atoms with van der Waals surface area (Å²) in [5.41, 5.74) is 0. The van der Waals surface area contributed by atoms with Gasteiger partial charge in [0.1, 0.15) is 5.76 Å². The van der Waals surface area contributed by atoms with Crippen molar-refractivity contribution in [2.45, 2.75) is 37.4 Å². The van der Waals surface area contributed by atoms with Crippen LogP contribution in [0.5, 0.6) is 0 Å². The fraction of sp³-hybridized carbons (Fsp3) is 0.692. The van der Waals surface area contributed by atoms with Crippen LogP contribution in [0.3, 0.4) is 0 Å². The van der Waals surface area contributed by atoms with Crippen molar-refractivity contribution >= 4 is 10.0 Å². The summed E-state index contributed by atoms with van der Waals surface area (Å²) in [6, 6.07) is 3.38. The van der Waals surface area contributed by atoms with Crippen LogP contribution in [0.25, 0.3) is 0 Å². The number of rotatable bonds is 7. The largest absolute Gasteiger partial charge is 0.447 e. The van der Waals surface area contributed by atoms with Gasteiger partial charge >= 0.3 is 0 Å². The summed E-state index contributed by atoms with van der Waals surface area (Å²) in [7, 11) is -1.77. The third-order valence-corrected chi connectivity index (χ3v) is 4.88. The minimum absolute atomic E-state index is 0.0172. The lowest BCUT2D eigenvalue weighted by Crippen LogP contribution is -2.40. The van der Waals surface area contributed by atoms with Crippen LogP contribution in [-0.4, -0.2) is 46.0 Å². The molecule has 1 aliphatic heterocycles. The van der Waals surface area contributed by atoms with Gasteiger partial charge in [0.15, 0.2) is 0 Å². The zero-order chi connectivity index (χ0) is 14.6. The molecule has 0 aromatic carbocycles. The van der Waals surface area contributed by atoms with Crippen LogP contribution >= 0.6 is 0 Å². The average molecular weight is 301 g/mol. The van der Waals surface area contributed by atoms with E-state index in [1.807, 2.05) is 6.92 Å². The molecule has 1 saturated heterocycles. The van der Waals surface area contributed by atoms with Gasteiger partial charge in [0.2, 0.25) is 5.09 Å². The van der Waals surface area contributed by atoms with Crippen molar-refractivity contribution in [3.05, 3.63) is 17.9 Å². The summed E-state index contributed by atoms with van der Waals surface area (Å²) in [6.07, 6.45) is 2.39. The van der Waals surface area contributed by atoms with E-state index in [0.29, 0.717) is 18.8 Å². The molecule has 2 rings (SSSR count). The Kier molecular flexibility index (Phi) is 5.20. The first-order valence-electron chi connectivity index (χ1n) is 7.00. The molecule has 1 unspecified atom stereocenters. The zero-order valence-corrected chi connectivity index (χ0v) is 12.9. The van der Waals surface area contributed by atoms with Gasteiger partial charge in [-0.05, 0) is 52.0 Å². The van der Waals surface area contributed by atoms with E-state index in [9.17, 15) is 8.42 Å². The van der Waals surface area contributed by atoms with Gasteiger partial charge in [-0.3, -0.25) is 4.90 Å². The molecule has 1 aromatic rings. The van der Waals surface area contributed by atoms with Gasteiger partial charge in [-0.2, -0.15) is 0 Å². The molecule has 2 N–H and O–H groups in total. The molecule has 20 heavy (non-hydrogen) atoms. The normalized spacial score (nSPS) is 18.5. The maximum absolute atomic E-state index is 12.1. The van der Waals surface area contributed by atoms with Gasteiger partial charge in [-0.25, -0.2) is 13.1 Å². The lowest BCUT2D eigenvalue weighted by Gasteiger charge is -2.23. The highest BCUT2D eigenvalue weighted by atomic mass is 32.2. The Balaban J connectivity index is 1.92. The Hall–Kier alpha value is -0.890. The smallest absolute Gasteiger partial charge is 0.274 e. The fourth-order valence-electron chi connectivity index (χ4n) is 2.38.